The number of nitrogens with two attached hydrogens (primary N) is 1. The molecule has 132 valence electrons. The third kappa shape index (κ3) is 6.30. The van der Waals surface area contributed by atoms with Gasteiger partial charge in [-0.1, -0.05) is 58.8 Å². The zero-order valence-corrected chi connectivity index (χ0v) is 16.6. The molecule has 0 spiro atoms. The van der Waals surface area contributed by atoms with Crippen LogP contribution in [0.3, 0.4) is 0 Å². The molecule has 0 radical (unpaired) electrons. The highest BCUT2D eigenvalue weighted by Gasteiger charge is 2.24. The minimum absolute atomic E-state index is 0.287. The Bertz CT molecular complexity index is 457. The van der Waals surface area contributed by atoms with Gasteiger partial charge in [0.25, 0.3) is 0 Å². The van der Waals surface area contributed by atoms with Crippen LogP contribution in [-0.2, 0) is 0 Å². The Balaban J connectivity index is 3.01. The Morgan fingerprint density at radius 2 is 1.83 bits per heavy atom. The van der Waals surface area contributed by atoms with E-state index in [4.69, 9.17) is 5.73 Å². The molecule has 0 saturated heterocycles. The molecular formula is C22H39N. The van der Waals surface area contributed by atoms with E-state index < -0.39 is 0 Å². The van der Waals surface area contributed by atoms with Crippen molar-refractivity contribution in [3.63, 3.8) is 0 Å². The van der Waals surface area contributed by atoms with E-state index in [0.717, 1.165) is 24.7 Å². The van der Waals surface area contributed by atoms with Crippen LogP contribution in [0.2, 0.25) is 0 Å². The molecule has 1 aliphatic carbocycles. The van der Waals surface area contributed by atoms with Crippen molar-refractivity contribution in [2.75, 3.05) is 0 Å². The topological polar surface area (TPSA) is 26.0 Å². The number of hydrogen-bond acceptors (Lipinski definition) is 1. The molecule has 0 fully saturated rings. The largest absolute Gasteiger partial charge is 0.322 e. The highest BCUT2D eigenvalue weighted by Crippen LogP contribution is 2.33. The van der Waals surface area contributed by atoms with Gasteiger partial charge < -0.3 is 5.73 Å². The second kappa shape index (κ2) is 8.87. The van der Waals surface area contributed by atoms with Crippen molar-refractivity contribution >= 4 is 0 Å². The Morgan fingerprint density at radius 3 is 2.30 bits per heavy atom. The molecule has 0 saturated carbocycles. The molecule has 0 heterocycles. The van der Waals surface area contributed by atoms with Crippen LogP contribution in [0.1, 0.15) is 80.6 Å². The molecule has 0 aromatic heterocycles. The molecule has 1 aliphatic rings. The van der Waals surface area contributed by atoms with E-state index >= 15 is 0 Å². The average Bonchev–Trinajstić information content (AvgIpc) is 2.44. The Morgan fingerprint density at radius 1 is 1.22 bits per heavy atom. The minimum atomic E-state index is -0.287. The van der Waals surface area contributed by atoms with Crippen LogP contribution in [0.25, 0.3) is 0 Å². The van der Waals surface area contributed by atoms with E-state index in [1.807, 2.05) is 0 Å². The van der Waals surface area contributed by atoms with Gasteiger partial charge in [0, 0.05) is 5.54 Å². The molecule has 0 aliphatic heterocycles. The summed E-state index contributed by atoms with van der Waals surface area (Å²) in [5.41, 5.74) is 10.4. The molecule has 0 aromatic rings. The maximum absolute atomic E-state index is 6.53. The summed E-state index contributed by atoms with van der Waals surface area (Å²) in [7, 11) is 0. The molecule has 23 heavy (non-hydrogen) atoms. The summed E-state index contributed by atoms with van der Waals surface area (Å²) in [5.74, 6) is 2.14. The quantitative estimate of drug-likeness (QED) is 0.549. The lowest BCUT2D eigenvalue weighted by atomic mass is 9.78. The monoisotopic (exact) mass is 317 g/mol. The first-order valence-electron chi connectivity index (χ1n) is 9.55. The molecule has 2 unspecified atom stereocenters. The van der Waals surface area contributed by atoms with Crippen LogP contribution in [0.5, 0.6) is 0 Å². The van der Waals surface area contributed by atoms with E-state index in [9.17, 15) is 0 Å². The molecule has 1 nitrogen and oxygen atoms in total. The summed E-state index contributed by atoms with van der Waals surface area (Å²) in [6.45, 7) is 15.9. The molecule has 0 bridgehead atoms. The van der Waals surface area contributed by atoms with Crippen molar-refractivity contribution in [3.05, 3.63) is 34.9 Å². The van der Waals surface area contributed by atoms with Crippen molar-refractivity contribution < 1.29 is 0 Å². The summed E-state index contributed by atoms with van der Waals surface area (Å²) in [6.07, 6.45) is 13.4. The highest BCUT2D eigenvalue weighted by atomic mass is 14.7. The van der Waals surface area contributed by atoms with Gasteiger partial charge in [-0.25, -0.2) is 0 Å². The first-order chi connectivity index (χ1) is 10.7. The van der Waals surface area contributed by atoms with Crippen LogP contribution >= 0.6 is 0 Å². The molecule has 2 N–H and O–H groups in total. The first-order valence-corrected chi connectivity index (χ1v) is 9.55. The fourth-order valence-electron chi connectivity index (χ4n) is 3.70. The van der Waals surface area contributed by atoms with Gasteiger partial charge in [0.05, 0.1) is 0 Å². The zero-order chi connectivity index (χ0) is 17.6. The third-order valence-electron chi connectivity index (χ3n) is 5.10. The third-order valence-corrected chi connectivity index (χ3v) is 5.10. The zero-order valence-electron chi connectivity index (χ0n) is 16.6. The smallest absolute Gasteiger partial charge is 0.0355 e. The molecule has 1 heteroatoms. The second-order valence-corrected chi connectivity index (χ2v) is 8.39. The van der Waals surface area contributed by atoms with Gasteiger partial charge in [-0.2, -0.15) is 0 Å². The van der Waals surface area contributed by atoms with Gasteiger partial charge >= 0.3 is 0 Å². The first kappa shape index (κ1) is 20.2. The molecular weight excluding hydrogens is 278 g/mol. The van der Waals surface area contributed by atoms with E-state index in [1.54, 1.807) is 0 Å². The maximum Gasteiger partial charge on any atom is 0.0355 e. The van der Waals surface area contributed by atoms with E-state index in [2.05, 4.69) is 66.7 Å². The standard InChI is InChI=1S/C22H39N/c1-8-11-19(16(2)3)14-17(4)15-21(22(6,7)23)20-13-10-9-12-18(20)5/h12-13,15-17,19H,8-11,14,23H2,1-7H3/b21-15+. The average molecular weight is 318 g/mol. The number of allylic oxidation sites excluding steroid dienone is 4. The summed E-state index contributed by atoms with van der Waals surface area (Å²) in [6, 6.07) is 0. The Kier molecular flexibility index (Phi) is 7.80. The molecule has 2 atom stereocenters. The van der Waals surface area contributed by atoms with E-state index in [1.165, 1.54) is 36.0 Å². The second-order valence-electron chi connectivity index (χ2n) is 8.39. The van der Waals surface area contributed by atoms with Gasteiger partial charge in [0.1, 0.15) is 0 Å². The number of rotatable bonds is 8. The minimum Gasteiger partial charge on any atom is -0.322 e. The van der Waals surface area contributed by atoms with Crippen molar-refractivity contribution in [1.29, 1.82) is 0 Å². The van der Waals surface area contributed by atoms with Crippen molar-refractivity contribution in [2.24, 2.45) is 23.5 Å². The SMILES string of the molecule is CCCC(CC(C)/C=C(\C1=CCCC=C1C)C(C)(C)N)C(C)C. The van der Waals surface area contributed by atoms with Crippen molar-refractivity contribution in [2.45, 2.75) is 86.1 Å². The number of hydrogen-bond donors (Lipinski definition) is 1. The maximum atomic E-state index is 6.53. The lowest BCUT2D eigenvalue weighted by Crippen LogP contribution is -2.36. The van der Waals surface area contributed by atoms with Crippen LogP contribution in [0, 0.1) is 17.8 Å². The van der Waals surface area contributed by atoms with Gasteiger partial charge in [-0.3, -0.25) is 0 Å². The fourth-order valence-corrected chi connectivity index (χ4v) is 3.70. The van der Waals surface area contributed by atoms with Gasteiger partial charge in [-0.15, -0.1) is 0 Å². The Hall–Kier alpha value is -0.820. The summed E-state index contributed by atoms with van der Waals surface area (Å²) in [4.78, 5) is 0. The summed E-state index contributed by atoms with van der Waals surface area (Å²) < 4.78 is 0. The highest BCUT2D eigenvalue weighted by molar-refractivity contribution is 5.51. The molecule has 1 rings (SSSR count). The van der Waals surface area contributed by atoms with Gasteiger partial charge in [0.15, 0.2) is 0 Å². The van der Waals surface area contributed by atoms with Crippen molar-refractivity contribution in [1.82, 2.24) is 0 Å². The van der Waals surface area contributed by atoms with E-state index in [-0.39, 0.29) is 5.54 Å². The predicted molar refractivity (Wildman–Crippen MR) is 104 cm³/mol. The Labute approximate surface area is 145 Å². The normalized spacial score (nSPS) is 19.4. The van der Waals surface area contributed by atoms with Crippen LogP contribution in [0.4, 0.5) is 0 Å². The lowest BCUT2D eigenvalue weighted by Gasteiger charge is -2.30. The van der Waals surface area contributed by atoms with Gasteiger partial charge in [-0.05, 0) is 74.5 Å². The summed E-state index contributed by atoms with van der Waals surface area (Å²) in [5, 5.41) is 0. The molecule has 0 amide bonds. The van der Waals surface area contributed by atoms with Crippen LogP contribution < -0.4 is 5.73 Å². The van der Waals surface area contributed by atoms with Crippen LogP contribution in [-0.4, -0.2) is 5.54 Å². The predicted octanol–water partition coefficient (Wildman–Crippen LogP) is 6.42. The van der Waals surface area contributed by atoms with Crippen molar-refractivity contribution in [3.8, 4) is 0 Å². The van der Waals surface area contributed by atoms with E-state index in [0.29, 0.717) is 5.92 Å². The fraction of sp³-hybridized carbons (Fsp3) is 0.727. The summed E-state index contributed by atoms with van der Waals surface area (Å²) >= 11 is 0. The van der Waals surface area contributed by atoms with Crippen LogP contribution in [0.15, 0.2) is 34.9 Å². The van der Waals surface area contributed by atoms with Gasteiger partial charge in [0.2, 0.25) is 0 Å². The molecule has 0 aromatic carbocycles. The lowest BCUT2D eigenvalue weighted by molar-refractivity contribution is 0.306.